The Morgan fingerprint density at radius 3 is 2.36 bits per heavy atom. The minimum absolute atomic E-state index is 0. The van der Waals surface area contributed by atoms with Gasteiger partial charge in [-0.1, -0.05) is 55.3 Å². The van der Waals surface area contributed by atoms with Gasteiger partial charge in [0.25, 0.3) is 0 Å². The number of imidazole rings is 1. The molecule has 208 valence electrons. The highest BCUT2D eigenvalue weighted by molar-refractivity contribution is 7.89. The van der Waals surface area contributed by atoms with Crippen molar-refractivity contribution in [2.75, 3.05) is 6.54 Å². The molecule has 1 atom stereocenters. The van der Waals surface area contributed by atoms with Gasteiger partial charge < -0.3 is 4.57 Å². The number of rotatable bonds is 8. The normalized spacial score (nSPS) is 16.1. The van der Waals surface area contributed by atoms with E-state index in [2.05, 4.69) is 17.6 Å². The van der Waals surface area contributed by atoms with Crippen LogP contribution in [0.15, 0.2) is 76.5 Å². The third-order valence-corrected chi connectivity index (χ3v) is 10.1. The number of unbranched alkanes of at least 4 members (excludes halogenated alkanes) is 1. The molecule has 0 radical (unpaired) electrons. The van der Waals surface area contributed by atoms with Gasteiger partial charge in [-0.2, -0.15) is 4.31 Å². The Morgan fingerprint density at radius 1 is 0.974 bits per heavy atom. The highest BCUT2D eigenvalue weighted by Crippen LogP contribution is 2.37. The maximum atomic E-state index is 13.9. The van der Waals surface area contributed by atoms with Crippen LogP contribution in [0.2, 0.25) is 0 Å². The van der Waals surface area contributed by atoms with Gasteiger partial charge in [-0.3, -0.25) is 0 Å². The Balaban J connectivity index is 0.00000353. The molecule has 8 nitrogen and oxygen atoms in total. The molecule has 0 bridgehead atoms. The molecule has 0 aliphatic carbocycles. The topological polar surface area (TPSA) is 115 Å². The molecule has 0 spiro atoms. The average molecular weight is 589 g/mol. The molecule has 3 aromatic carbocycles. The van der Waals surface area contributed by atoms with Crippen molar-refractivity contribution in [3.05, 3.63) is 89.2 Å². The van der Waals surface area contributed by atoms with Crippen LogP contribution in [0.25, 0.3) is 11.0 Å². The lowest BCUT2D eigenvalue weighted by molar-refractivity contribution is 0.300. The highest BCUT2D eigenvalue weighted by atomic mass is 35.5. The van der Waals surface area contributed by atoms with Crippen molar-refractivity contribution in [3.8, 4) is 0 Å². The van der Waals surface area contributed by atoms with E-state index in [9.17, 15) is 16.8 Å². The first-order valence-corrected chi connectivity index (χ1v) is 15.8. The van der Waals surface area contributed by atoms with Gasteiger partial charge in [-0.05, 0) is 61.2 Å². The molecular weight excluding hydrogens is 556 g/mol. The van der Waals surface area contributed by atoms with E-state index in [1.165, 1.54) is 12.1 Å². The van der Waals surface area contributed by atoms with Crippen LogP contribution in [0.1, 0.15) is 48.3 Å². The number of benzene rings is 3. The number of fused-ring (bicyclic) bond motifs is 2. The minimum atomic E-state index is -3.88. The van der Waals surface area contributed by atoms with Crippen molar-refractivity contribution in [1.29, 1.82) is 0 Å². The fourth-order valence-corrected chi connectivity index (χ4v) is 7.34. The van der Waals surface area contributed by atoms with Gasteiger partial charge in [0.2, 0.25) is 20.0 Å². The number of hydrogen-bond donors (Lipinski definition) is 1. The van der Waals surface area contributed by atoms with Crippen LogP contribution in [0.3, 0.4) is 0 Å². The van der Waals surface area contributed by atoms with Gasteiger partial charge in [0.15, 0.2) is 0 Å². The number of aryl methyl sites for hydroxylation is 2. The van der Waals surface area contributed by atoms with E-state index in [-0.39, 0.29) is 22.2 Å². The number of nitrogens with two attached hydrogens (primary N) is 1. The summed E-state index contributed by atoms with van der Waals surface area (Å²) in [6, 6.07) is 19.2. The molecule has 2 N–H and O–H groups in total. The summed E-state index contributed by atoms with van der Waals surface area (Å²) < 4.78 is 55.4. The predicted molar refractivity (Wildman–Crippen MR) is 155 cm³/mol. The van der Waals surface area contributed by atoms with Gasteiger partial charge in [-0.15, -0.1) is 12.4 Å². The van der Waals surface area contributed by atoms with Crippen LogP contribution in [0.5, 0.6) is 0 Å². The summed E-state index contributed by atoms with van der Waals surface area (Å²) in [5.41, 5.74) is 4.42. The zero-order valence-corrected chi connectivity index (χ0v) is 24.4. The van der Waals surface area contributed by atoms with Crippen molar-refractivity contribution in [3.63, 3.8) is 0 Å². The standard InChI is InChI=1S/C28H32N4O4S2.ClH/c1-3-4-16-31-26-14-13-23(37(29,33)34)18-25(26)30-28(31)19-27-24-8-6-5-7-21(24)15-17-32(27)38(35,36)22-11-9-20(2)10-12-22;/h5-14,18,27H,3-4,15-17,19H2,1-2H3,(H2,29,33,34);1H. The highest BCUT2D eigenvalue weighted by Gasteiger charge is 2.37. The average Bonchev–Trinajstić information content (AvgIpc) is 3.23. The second kappa shape index (κ2) is 11.4. The van der Waals surface area contributed by atoms with Crippen LogP contribution in [0, 0.1) is 6.92 Å². The molecule has 0 saturated carbocycles. The number of halogens is 1. The van der Waals surface area contributed by atoms with Crippen molar-refractivity contribution in [2.24, 2.45) is 5.14 Å². The fourth-order valence-electron chi connectivity index (χ4n) is 5.20. The summed E-state index contributed by atoms with van der Waals surface area (Å²) in [5, 5.41) is 5.37. The summed E-state index contributed by atoms with van der Waals surface area (Å²) in [5.74, 6) is 0.714. The molecule has 0 fully saturated rings. The van der Waals surface area contributed by atoms with Crippen molar-refractivity contribution < 1.29 is 16.8 Å². The quantitative estimate of drug-likeness (QED) is 0.319. The molecule has 0 saturated heterocycles. The minimum Gasteiger partial charge on any atom is -0.328 e. The molecule has 1 aliphatic rings. The van der Waals surface area contributed by atoms with E-state index in [0.29, 0.717) is 37.3 Å². The lowest BCUT2D eigenvalue weighted by Gasteiger charge is -2.36. The van der Waals surface area contributed by atoms with Crippen molar-refractivity contribution in [1.82, 2.24) is 13.9 Å². The van der Waals surface area contributed by atoms with E-state index >= 15 is 0 Å². The second-order valence-corrected chi connectivity index (χ2v) is 13.3. The summed E-state index contributed by atoms with van der Waals surface area (Å²) >= 11 is 0. The monoisotopic (exact) mass is 588 g/mol. The number of aromatic nitrogens is 2. The van der Waals surface area contributed by atoms with Gasteiger partial charge >= 0.3 is 0 Å². The number of nitrogens with zero attached hydrogens (tertiary/aromatic N) is 3. The van der Waals surface area contributed by atoms with E-state index in [0.717, 1.165) is 35.0 Å². The first-order chi connectivity index (χ1) is 18.1. The molecule has 11 heteroatoms. The molecule has 1 aromatic heterocycles. The van der Waals surface area contributed by atoms with E-state index < -0.39 is 26.1 Å². The van der Waals surface area contributed by atoms with Crippen LogP contribution >= 0.6 is 12.4 Å². The number of primary sulfonamides is 1. The summed E-state index contributed by atoms with van der Waals surface area (Å²) in [4.78, 5) is 5.10. The molecule has 1 aliphatic heterocycles. The Morgan fingerprint density at radius 2 is 1.67 bits per heavy atom. The largest absolute Gasteiger partial charge is 0.328 e. The Labute approximate surface area is 236 Å². The van der Waals surface area contributed by atoms with E-state index in [4.69, 9.17) is 10.1 Å². The Hall–Kier alpha value is -2.76. The first kappa shape index (κ1) is 29.2. The summed E-state index contributed by atoms with van der Waals surface area (Å²) in [6.07, 6.45) is 2.85. The number of sulfonamides is 2. The Kier molecular flexibility index (Phi) is 8.53. The maximum Gasteiger partial charge on any atom is 0.243 e. The third kappa shape index (κ3) is 5.76. The second-order valence-electron chi connectivity index (χ2n) is 9.83. The molecule has 5 rings (SSSR count). The molecule has 2 heterocycles. The van der Waals surface area contributed by atoms with Crippen LogP contribution in [-0.4, -0.2) is 37.2 Å². The van der Waals surface area contributed by atoms with Gasteiger partial charge in [0.05, 0.1) is 26.9 Å². The van der Waals surface area contributed by atoms with Crippen molar-refractivity contribution in [2.45, 2.75) is 61.9 Å². The summed E-state index contributed by atoms with van der Waals surface area (Å²) in [7, 11) is -7.66. The van der Waals surface area contributed by atoms with Gasteiger partial charge in [0, 0.05) is 19.5 Å². The van der Waals surface area contributed by atoms with Crippen LogP contribution in [-0.2, 0) is 39.4 Å². The molecular formula is C28H33ClN4O4S2. The van der Waals surface area contributed by atoms with Crippen LogP contribution < -0.4 is 5.14 Å². The maximum absolute atomic E-state index is 13.9. The third-order valence-electron chi connectivity index (χ3n) is 7.23. The smallest absolute Gasteiger partial charge is 0.243 e. The lowest BCUT2D eigenvalue weighted by atomic mass is 9.92. The zero-order valence-electron chi connectivity index (χ0n) is 21.9. The van der Waals surface area contributed by atoms with Gasteiger partial charge in [-0.25, -0.2) is 27.0 Å². The Bertz CT molecular complexity index is 1700. The lowest BCUT2D eigenvalue weighted by Crippen LogP contribution is -2.41. The molecule has 4 aromatic rings. The molecule has 0 amide bonds. The summed E-state index contributed by atoms with van der Waals surface area (Å²) in [6.45, 7) is 5.09. The van der Waals surface area contributed by atoms with E-state index in [1.807, 2.05) is 37.3 Å². The van der Waals surface area contributed by atoms with Gasteiger partial charge in [0.1, 0.15) is 5.82 Å². The molecule has 39 heavy (non-hydrogen) atoms. The van der Waals surface area contributed by atoms with E-state index in [1.54, 1.807) is 22.5 Å². The molecule has 1 unspecified atom stereocenters. The SMILES string of the molecule is CCCCn1c(CC2c3ccccc3CCN2S(=O)(=O)c2ccc(C)cc2)nc2cc(S(N)(=O)=O)ccc21.Cl. The number of hydrogen-bond acceptors (Lipinski definition) is 5. The van der Waals surface area contributed by atoms with Crippen molar-refractivity contribution >= 4 is 43.5 Å². The van der Waals surface area contributed by atoms with Crippen LogP contribution in [0.4, 0.5) is 0 Å². The fraction of sp³-hybridized carbons (Fsp3) is 0.321. The first-order valence-electron chi connectivity index (χ1n) is 12.8. The predicted octanol–water partition coefficient (Wildman–Crippen LogP) is 4.74. The zero-order chi connectivity index (χ0) is 27.1.